The lowest BCUT2D eigenvalue weighted by molar-refractivity contribution is 0.0772. The fraction of sp³-hybridized carbons (Fsp3) is 0.318. The zero-order valence-electron chi connectivity index (χ0n) is 15.8. The first-order chi connectivity index (χ1) is 13.6. The fourth-order valence-electron chi connectivity index (χ4n) is 3.82. The maximum atomic E-state index is 12.9. The third-order valence-corrected chi connectivity index (χ3v) is 7.32. The van der Waals surface area contributed by atoms with Crippen molar-refractivity contribution in [1.29, 1.82) is 0 Å². The maximum Gasteiger partial charge on any atom is 0.254 e. The van der Waals surface area contributed by atoms with Gasteiger partial charge in [-0.05, 0) is 48.6 Å². The van der Waals surface area contributed by atoms with Gasteiger partial charge in [-0.15, -0.1) is 0 Å². The number of benzene rings is 2. The molecule has 2 aliphatic rings. The highest BCUT2D eigenvalue weighted by Gasteiger charge is 2.28. The van der Waals surface area contributed by atoms with Crippen LogP contribution >= 0.6 is 0 Å². The second-order valence-corrected chi connectivity index (χ2v) is 9.17. The molecule has 0 bridgehead atoms. The molecule has 28 heavy (non-hydrogen) atoms. The number of hydrogen-bond acceptors (Lipinski definition) is 3. The molecule has 6 heteroatoms. The summed E-state index contributed by atoms with van der Waals surface area (Å²) in [6.07, 6.45) is 4.66. The molecule has 2 aromatic carbocycles. The zero-order valence-corrected chi connectivity index (χ0v) is 16.6. The van der Waals surface area contributed by atoms with Crippen LogP contribution in [0.5, 0.6) is 0 Å². The standard InChI is InChI=1S/C22H24N2O3S/c25-22(23-15-11-19(12-16-23)18-7-2-1-3-8-18)20-9-6-10-21(17-20)28(26,27)24-13-4-5-14-24/h1-3,6-11,17H,4-5,12-16H2. The van der Waals surface area contributed by atoms with Crippen LogP contribution in [0.15, 0.2) is 65.6 Å². The van der Waals surface area contributed by atoms with E-state index in [2.05, 4.69) is 18.2 Å². The molecule has 0 N–H and O–H groups in total. The Bertz CT molecular complexity index is 993. The van der Waals surface area contributed by atoms with Crippen molar-refractivity contribution in [2.45, 2.75) is 24.2 Å². The summed E-state index contributed by atoms with van der Waals surface area (Å²) in [6.45, 7) is 2.27. The van der Waals surface area contributed by atoms with E-state index in [4.69, 9.17) is 0 Å². The average molecular weight is 397 g/mol. The van der Waals surface area contributed by atoms with Crippen LogP contribution < -0.4 is 0 Å². The van der Waals surface area contributed by atoms with Gasteiger partial charge in [0.15, 0.2) is 0 Å². The number of rotatable bonds is 4. The second kappa shape index (κ2) is 7.89. The summed E-state index contributed by atoms with van der Waals surface area (Å²) in [5.41, 5.74) is 2.86. The van der Waals surface area contributed by atoms with Gasteiger partial charge in [0.05, 0.1) is 4.90 Å². The number of hydrogen-bond donors (Lipinski definition) is 0. The molecule has 0 aromatic heterocycles. The Morgan fingerprint density at radius 1 is 0.893 bits per heavy atom. The Kier molecular flexibility index (Phi) is 5.33. The summed E-state index contributed by atoms with van der Waals surface area (Å²) in [5.74, 6) is -0.123. The first-order valence-electron chi connectivity index (χ1n) is 9.70. The van der Waals surface area contributed by atoms with E-state index < -0.39 is 10.0 Å². The van der Waals surface area contributed by atoms with Gasteiger partial charge in [-0.3, -0.25) is 4.79 Å². The Morgan fingerprint density at radius 3 is 2.32 bits per heavy atom. The minimum absolute atomic E-state index is 0.123. The van der Waals surface area contributed by atoms with E-state index in [1.165, 1.54) is 21.5 Å². The lowest BCUT2D eigenvalue weighted by atomic mass is 9.99. The van der Waals surface area contributed by atoms with Gasteiger partial charge < -0.3 is 4.90 Å². The van der Waals surface area contributed by atoms with Gasteiger partial charge in [-0.1, -0.05) is 42.5 Å². The van der Waals surface area contributed by atoms with Gasteiger partial charge >= 0.3 is 0 Å². The molecule has 2 heterocycles. The van der Waals surface area contributed by atoms with Crippen molar-refractivity contribution in [2.24, 2.45) is 0 Å². The third kappa shape index (κ3) is 3.75. The highest BCUT2D eigenvalue weighted by Crippen LogP contribution is 2.25. The number of sulfonamides is 1. The van der Waals surface area contributed by atoms with Gasteiger partial charge in [0.1, 0.15) is 0 Å². The van der Waals surface area contributed by atoms with Crippen LogP contribution in [0.1, 0.15) is 35.2 Å². The topological polar surface area (TPSA) is 57.7 Å². The summed E-state index contributed by atoms with van der Waals surface area (Å²) in [5, 5.41) is 0. The predicted octanol–water partition coefficient (Wildman–Crippen LogP) is 3.40. The van der Waals surface area contributed by atoms with Gasteiger partial charge in [-0.2, -0.15) is 4.31 Å². The quantitative estimate of drug-likeness (QED) is 0.796. The molecule has 0 spiro atoms. The summed E-state index contributed by atoms with van der Waals surface area (Å²) >= 11 is 0. The van der Waals surface area contributed by atoms with E-state index in [0.717, 1.165) is 19.3 Å². The van der Waals surface area contributed by atoms with E-state index in [1.54, 1.807) is 23.1 Å². The lowest BCUT2D eigenvalue weighted by Crippen LogP contribution is -2.35. The Hall–Kier alpha value is -2.44. The van der Waals surface area contributed by atoms with Crippen LogP contribution in [0, 0.1) is 0 Å². The third-order valence-electron chi connectivity index (χ3n) is 5.42. The summed E-state index contributed by atoms with van der Waals surface area (Å²) in [4.78, 5) is 14.9. The van der Waals surface area contributed by atoms with E-state index in [1.807, 2.05) is 18.2 Å². The van der Waals surface area contributed by atoms with Gasteiger partial charge in [0.2, 0.25) is 10.0 Å². The highest BCUT2D eigenvalue weighted by atomic mass is 32.2. The first kappa shape index (κ1) is 18.9. The molecule has 0 radical (unpaired) electrons. The molecule has 5 nitrogen and oxygen atoms in total. The molecule has 1 amide bonds. The molecule has 4 rings (SSSR count). The van der Waals surface area contributed by atoms with Crippen molar-refractivity contribution >= 4 is 21.5 Å². The minimum atomic E-state index is -3.52. The Morgan fingerprint density at radius 2 is 1.64 bits per heavy atom. The minimum Gasteiger partial charge on any atom is -0.335 e. The Balaban J connectivity index is 1.51. The molecular formula is C22H24N2O3S. The summed E-state index contributed by atoms with van der Waals surface area (Å²) < 4.78 is 27.1. The highest BCUT2D eigenvalue weighted by molar-refractivity contribution is 7.89. The maximum absolute atomic E-state index is 12.9. The van der Waals surface area contributed by atoms with Gasteiger partial charge in [-0.25, -0.2) is 8.42 Å². The van der Waals surface area contributed by atoms with Crippen LogP contribution in [0.25, 0.3) is 5.57 Å². The van der Waals surface area contributed by atoms with Crippen LogP contribution in [0.3, 0.4) is 0 Å². The van der Waals surface area contributed by atoms with Gasteiger partial charge in [0, 0.05) is 31.7 Å². The SMILES string of the molecule is O=C(c1cccc(S(=O)(=O)N2CCCC2)c1)N1CC=C(c2ccccc2)CC1. The number of carbonyl (C=O) groups excluding carboxylic acids is 1. The fourth-order valence-corrected chi connectivity index (χ4v) is 5.38. The van der Waals surface area contributed by atoms with E-state index in [0.29, 0.717) is 31.7 Å². The van der Waals surface area contributed by atoms with Gasteiger partial charge in [0.25, 0.3) is 5.91 Å². The summed E-state index contributed by atoms with van der Waals surface area (Å²) in [7, 11) is -3.52. The van der Waals surface area contributed by atoms with E-state index in [-0.39, 0.29) is 10.8 Å². The molecule has 0 saturated carbocycles. The molecule has 2 aliphatic heterocycles. The van der Waals surface area contributed by atoms with Crippen molar-refractivity contribution < 1.29 is 13.2 Å². The van der Waals surface area contributed by atoms with Crippen molar-refractivity contribution in [3.63, 3.8) is 0 Å². The zero-order chi connectivity index (χ0) is 19.6. The normalized spacial score (nSPS) is 18.1. The number of amides is 1. The molecule has 1 fully saturated rings. The van der Waals surface area contributed by atoms with Crippen molar-refractivity contribution in [3.05, 3.63) is 71.8 Å². The van der Waals surface area contributed by atoms with E-state index >= 15 is 0 Å². The molecule has 0 unspecified atom stereocenters. The van der Waals surface area contributed by atoms with E-state index in [9.17, 15) is 13.2 Å². The summed E-state index contributed by atoms with van der Waals surface area (Å²) in [6, 6.07) is 16.6. The molecular weight excluding hydrogens is 372 g/mol. The van der Waals surface area contributed by atoms with Crippen LogP contribution in [-0.2, 0) is 10.0 Å². The molecule has 0 aliphatic carbocycles. The number of nitrogens with zero attached hydrogens (tertiary/aromatic N) is 2. The monoisotopic (exact) mass is 396 g/mol. The molecule has 0 atom stereocenters. The van der Waals surface area contributed by atoms with Crippen LogP contribution in [-0.4, -0.2) is 49.7 Å². The molecule has 146 valence electrons. The molecule has 1 saturated heterocycles. The lowest BCUT2D eigenvalue weighted by Gasteiger charge is -2.27. The van der Waals surface area contributed by atoms with Crippen molar-refractivity contribution in [3.8, 4) is 0 Å². The largest absolute Gasteiger partial charge is 0.335 e. The van der Waals surface area contributed by atoms with Crippen LogP contribution in [0.2, 0.25) is 0 Å². The van der Waals surface area contributed by atoms with Crippen LogP contribution in [0.4, 0.5) is 0 Å². The Labute approximate surface area is 166 Å². The predicted molar refractivity (Wildman–Crippen MR) is 109 cm³/mol. The number of carbonyl (C=O) groups is 1. The smallest absolute Gasteiger partial charge is 0.254 e. The van der Waals surface area contributed by atoms with Crippen molar-refractivity contribution in [1.82, 2.24) is 9.21 Å². The van der Waals surface area contributed by atoms with Crippen molar-refractivity contribution in [2.75, 3.05) is 26.2 Å². The second-order valence-electron chi connectivity index (χ2n) is 7.24. The average Bonchev–Trinajstić information content (AvgIpc) is 3.30. The first-order valence-corrected chi connectivity index (χ1v) is 11.1. The molecule has 2 aromatic rings.